The van der Waals surface area contributed by atoms with Gasteiger partial charge in [-0.05, 0) is 11.6 Å². The highest BCUT2D eigenvalue weighted by Crippen LogP contribution is 2.45. The Hall–Kier alpha value is -2.87. The lowest BCUT2D eigenvalue weighted by molar-refractivity contribution is 0.106. The minimum absolute atomic E-state index is 0.0655. The highest BCUT2D eigenvalue weighted by Gasteiger charge is 2.33. The molecule has 0 N–H and O–H groups in total. The first kappa shape index (κ1) is 10.9. The third kappa shape index (κ3) is 1.24. The van der Waals surface area contributed by atoms with Gasteiger partial charge in [0.1, 0.15) is 11.2 Å². The average molecular weight is 270 g/mol. The summed E-state index contributed by atoms with van der Waals surface area (Å²) < 4.78 is 5.86. The number of hydrogen-bond donors (Lipinski definition) is 0. The van der Waals surface area contributed by atoms with Crippen molar-refractivity contribution >= 4 is 39.4 Å². The van der Waals surface area contributed by atoms with Crippen LogP contribution in [0.25, 0.3) is 33.6 Å². The summed E-state index contributed by atoms with van der Waals surface area (Å²) >= 11 is 0. The fraction of sp³-hybridized carbons (Fsp3) is 0. The van der Waals surface area contributed by atoms with Gasteiger partial charge in [-0.3, -0.25) is 4.79 Å². The molecule has 2 heteroatoms. The van der Waals surface area contributed by atoms with Gasteiger partial charge in [-0.1, -0.05) is 54.6 Å². The second-order valence-electron chi connectivity index (χ2n) is 5.35. The first-order valence-electron chi connectivity index (χ1n) is 6.93. The van der Waals surface area contributed by atoms with Crippen LogP contribution in [0, 0.1) is 0 Å². The van der Waals surface area contributed by atoms with Crippen molar-refractivity contribution in [2.24, 2.45) is 0 Å². The molecule has 1 aliphatic rings. The predicted octanol–water partition coefficient (Wildman–Crippen LogP) is 4.76. The molecule has 21 heavy (non-hydrogen) atoms. The Kier molecular flexibility index (Phi) is 1.87. The van der Waals surface area contributed by atoms with Crippen LogP contribution in [0.1, 0.15) is 21.5 Å². The second-order valence-corrected chi connectivity index (χ2v) is 5.35. The van der Waals surface area contributed by atoms with Crippen molar-refractivity contribution < 1.29 is 9.21 Å². The molecule has 0 saturated carbocycles. The Balaban J connectivity index is 1.82. The van der Waals surface area contributed by atoms with Crippen LogP contribution in [0.5, 0.6) is 0 Å². The lowest BCUT2D eigenvalue weighted by Gasteiger charge is -2.00. The van der Waals surface area contributed by atoms with Crippen molar-refractivity contribution in [1.29, 1.82) is 0 Å². The molecule has 2 heterocycles. The summed E-state index contributed by atoms with van der Waals surface area (Å²) in [6.45, 7) is 0. The maximum absolute atomic E-state index is 12.7. The van der Waals surface area contributed by atoms with Gasteiger partial charge in [0.15, 0.2) is 5.78 Å². The molecule has 0 radical (unpaired) electrons. The molecule has 2 aromatic carbocycles. The molecule has 0 spiro atoms. The first-order chi connectivity index (χ1) is 10.3. The SMILES string of the molecule is O=C1C(c2ccccc2)=Cc2c1c1oc2c2ccccc12. The van der Waals surface area contributed by atoms with Crippen LogP contribution < -0.4 is 0 Å². The van der Waals surface area contributed by atoms with Crippen LogP contribution in [-0.4, -0.2) is 5.78 Å². The van der Waals surface area contributed by atoms with Crippen LogP contribution in [0.15, 0.2) is 59.0 Å². The third-order valence-corrected chi connectivity index (χ3v) is 4.21. The van der Waals surface area contributed by atoms with Gasteiger partial charge in [-0.2, -0.15) is 0 Å². The lowest BCUT2D eigenvalue weighted by atomic mass is 10.00. The van der Waals surface area contributed by atoms with E-state index in [4.69, 9.17) is 4.42 Å². The van der Waals surface area contributed by atoms with E-state index in [1.165, 1.54) is 0 Å². The van der Waals surface area contributed by atoms with Crippen LogP contribution in [0.2, 0.25) is 0 Å². The fourth-order valence-electron chi connectivity index (χ4n) is 3.25. The minimum Gasteiger partial charge on any atom is -0.455 e. The van der Waals surface area contributed by atoms with Crippen molar-refractivity contribution in [3.63, 3.8) is 0 Å². The average Bonchev–Trinajstić information content (AvgIpc) is 3.18. The summed E-state index contributed by atoms with van der Waals surface area (Å²) in [7, 11) is 0. The molecule has 0 fully saturated rings. The molecule has 0 saturated heterocycles. The van der Waals surface area contributed by atoms with Crippen LogP contribution in [-0.2, 0) is 0 Å². The molecule has 2 nitrogen and oxygen atoms in total. The number of carbonyl (C=O) groups is 1. The Labute approximate surface area is 120 Å². The summed E-state index contributed by atoms with van der Waals surface area (Å²) in [6.07, 6.45) is 1.96. The maximum Gasteiger partial charge on any atom is 0.198 e. The van der Waals surface area contributed by atoms with Gasteiger partial charge in [0, 0.05) is 21.9 Å². The molecule has 5 rings (SSSR count). The molecule has 1 aliphatic carbocycles. The number of hydrogen-bond acceptors (Lipinski definition) is 2. The van der Waals surface area contributed by atoms with E-state index in [1.54, 1.807) is 0 Å². The van der Waals surface area contributed by atoms with Gasteiger partial charge in [0.05, 0.1) is 5.56 Å². The molecule has 0 unspecified atom stereocenters. The zero-order chi connectivity index (χ0) is 14.0. The standard InChI is InChI=1S/C19H10O2/c20-17-14(11-6-2-1-3-7-11)10-15-16(17)19-13-9-5-4-8-12(13)18(15)21-19/h1-10H. The summed E-state index contributed by atoms with van der Waals surface area (Å²) in [6, 6.07) is 17.8. The number of furan rings is 2. The summed E-state index contributed by atoms with van der Waals surface area (Å²) in [5, 5.41) is 2.12. The number of ketones is 1. The summed E-state index contributed by atoms with van der Waals surface area (Å²) in [5.41, 5.74) is 4.93. The number of Topliss-reactive ketones (excluding diaryl/α,β-unsaturated/α-hetero) is 1. The summed E-state index contributed by atoms with van der Waals surface area (Å²) in [5.74, 6) is 0.0655. The largest absolute Gasteiger partial charge is 0.455 e. The fourth-order valence-corrected chi connectivity index (χ4v) is 3.25. The highest BCUT2D eigenvalue weighted by atomic mass is 16.3. The van der Waals surface area contributed by atoms with Crippen LogP contribution in [0.4, 0.5) is 0 Å². The quantitative estimate of drug-likeness (QED) is 0.499. The van der Waals surface area contributed by atoms with Gasteiger partial charge in [0.2, 0.25) is 0 Å². The molecule has 0 amide bonds. The second kappa shape index (κ2) is 3.61. The van der Waals surface area contributed by atoms with Gasteiger partial charge in [-0.15, -0.1) is 0 Å². The van der Waals surface area contributed by atoms with Gasteiger partial charge >= 0.3 is 0 Å². The minimum atomic E-state index is 0.0655. The number of benzene rings is 3. The van der Waals surface area contributed by atoms with Crippen LogP contribution >= 0.6 is 0 Å². The van der Waals surface area contributed by atoms with E-state index in [0.717, 1.165) is 44.2 Å². The molecule has 2 bridgehead atoms. The van der Waals surface area contributed by atoms with E-state index in [1.807, 2.05) is 60.7 Å². The smallest absolute Gasteiger partial charge is 0.198 e. The van der Waals surface area contributed by atoms with Gasteiger partial charge < -0.3 is 4.42 Å². The lowest BCUT2D eigenvalue weighted by Crippen LogP contribution is -1.97. The number of rotatable bonds is 1. The Morgan fingerprint density at radius 2 is 1.43 bits per heavy atom. The normalized spacial score (nSPS) is 14.1. The van der Waals surface area contributed by atoms with E-state index in [9.17, 15) is 4.79 Å². The van der Waals surface area contributed by atoms with Gasteiger partial charge in [0.25, 0.3) is 0 Å². The molecular formula is C19H10O2. The van der Waals surface area contributed by atoms with E-state index in [-0.39, 0.29) is 5.78 Å². The van der Waals surface area contributed by atoms with Crippen molar-refractivity contribution in [3.8, 4) is 0 Å². The number of allylic oxidation sites excluding steroid dienone is 1. The third-order valence-electron chi connectivity index (χ3n) is 4.21. The molecule has 2 aromatic heterocycles. The maximum atomic E-state index is 12.7. The Morgan fingerprint density at radius 3 is 2.19 bits per heavy atom. The monoisotopic (exact) mass is 270 g/mol. The molecule has 4 aromatic rings. The molecular weight excluding hydrogens is 260 g/mol. The highest BCUT2D eigenvalue weighted by molar-refractivity contribution is 6.42. The van der Waals surface area contributed by atoms with E-state index in [2.05, 4.69) is 0 Å². The van der Waals surface area contributed by atoms with E-state index < -0.39 is 0 Å². The van der Waals surface area contributed by atoms with E-state index in [0.29, 0.717) is 0 Å². The zero-order valence-corrected chi connectivity index (χ0v) is 11.1. The Bertz CT molecular complexity index is 1040. The number of fused-ring (bicyclic) bond motifs is 8. The van der Waals surface area contributed by atoms with Crippen molar-refractivity contribution in [1.82, 2.24) is 0 Å². The van der Waals surface area contributed by atoms with Crippen molar-refractivity contribution in [2.75, 3.05) is 0 Å². The van der Waals surface area contributed by atoms with Crippen molar-refractivity contribution in [2.45, 2.75) is 0 Å². The van der Waals surface area contributed by atoms with Crippen LogP contribution in [0.3, 0.4) is 0 Å². The Morgan fingerprint density at radius 1 is 0.762 bits per heavy atom. The van der Waals surface area contributed by atoms with Crippen molar-refractivity contribution in [3.05, 3.63) is 71.3 Å². The summed E-state index contributed by atoms with van der Waals surface area (Å²) in [4.78, 5) is 12.7. The molecule has 98 valence electrons. The molecule has 0 atom stereocenters. The zero-order valence-electron chi connectivity index (χ0n) is 11.1. The van der Waals surface area contributed by atoms with Gasteiger partial charge in [-0.25, -0.2) is 0 Å². The topological polar surface area (TPSA) is 30.2 Å². The van der Waals surface area contributed by atoms with E-state index >= 15 is 0 Å². The number of carbonyl (C=O) groups excluding carboxylic acids is 1. The first-order valence-corrected chi connectivity index (χ1v) is 6.93. The molecule has 0 aliphatic heterocycles. The predicted molar refractivity (Wildman–Crippen MR) is 83.5 cm³/mol.